The molecule has 0 aliphatic carbocycles. The van der Waals surface area contributed by atoms with E-state index >= 15 is 0 Å². The lowest BCUT2D eigenvalue weighted by Crippen LogP contribution is -2.25. The summed E-state index contributed by atoms with van der Waals surface area (Å²) in [6, 6.07) is 18.7. The van der Waals surface area contributed by atoms with Gasteiger partial charge in [-0.3, -0.25) is 0 Å². The lowest BCUT2D eigenvalue weighted by molar-refractivity contribution is -0.671. The van der Waals surface area contributed by atoms with Crippen molar-refractivity contribution in [2.24, 2.45) is 7.05 Å². The Bertz CT molecular complexity index is 1810. The summed E-state index contributed by atoms with van der Waals surface area (Å²) in [6.07, 6.45) is 28.4. The van der Waals surface area contributed by atoms with E-state index in [9.17, 15) is 0 Å². The third-order valence-electron chi connectivity index (χ3n) is 8.32. The van der Waals surface area contributed by atoms with Gasteiger partial charge in [-0.25, -0.2) is 4.57 Å². The maximum absolute atomic E-state index is 3.92. The van der Waals surface area contributed by atoms with Gasteiger partial charge in [0.1, 0.15) is 7.05 Å². The maximum atomic E-state index is 3.92. The van der Waals surface area contributed by atoms with Crippen LogP contribution in [0.4, 0.5) is 0 Å². The van der Waals surface area contributed by atoms with E-state index in [1.54, 1.807) is 0 Å². The summed E-state index contributed by atoms with van der Waals surface area (Å²) in [5.41, 5.74) is 7.86. The van der Waals surface area contributed by atoms with E-state index < -0.39 is 0 Å². The molecule has 42 heavy (non-hydrogen) atoms. The van der Waals surface area contributed by atoms with Gasteiger partial charge in [-0.05, 0) is 98.3 Å². The van der Waals surface area contributed by atoms with Crippen LogP contribution < -0.4 is 4.57 Å². The van der Waals surface area contributed by atoms with Gasteiger partial charge >= 0.3 is 0 Å². The Balaban J connectivity index is 1.80. The quantitative estimate of drug-likeness (QED) is 0.0826. The van der Waals surface area contributed by atoms with Gasteiger partial charge in [0.25, 0.3) is 0 Å². The molecule has 0 amide bonds. The molecule has 5 rings (SSSR count). The minimum absolute atomic E-state index is 1.09. The molecular weight excluding hydrogens is 506 g/mol. The number of allylic oxidation sites excluding steroid dienone is 6. The van der Waals surface area contributed by atoms with Gasteiger partial charge in [0.15, 0.2) is 12.4 Å². The molecule has 1 aromatic heterocycles. The highest BCUT2D eigenvalue weighted by atomic mass is 14.9. The number of aromatic nitrogens is 1. The molecule has 0 aliphatic rings. The standard InChI is InChI=1S/C41H44N/c1-6-10-14-32-28-34(18-16-30(12-8-3)13-9-4)38-22-20-37-33(15-11-7-2)29-35(19-17-31-24-26-42(5)27-25-31)39-23-21-36(32)40(38)41(37)39/h8-9,12-13,16-29H,3,6-7,10-11,14-15H2,1-2,4-5H3/q+1/b13-9-,18-16+,19-17+,30-12+. The highest BCUT2D eigenvalue weighted by molar-refractivity contribution is 6.26. The Kier molecular flexibility index (Phi) is 9.49. The van der Waals surface area contributed by atoms with Gasteiger partial charge in [0.2, 0.25) is 0 Å². The highest BCUT2D eigenvalue weighted by Crippen LogP contribution is 2.42. The van der Waals surface area contributed by atoms with Gasteiger partial charge in [0, 0.05) is 12.1 Å². The lowest BCUT2D eigenvalue weighted by atomic mass is 9.84. The second kappa shape index (κ2) is 13.6. The van der Waals surface area contributed by atoms with Gasteiger partial charge in [-0.15, -0.1) is 0 Å². The molecule has 212 valence electrons. The van der Waals surface area contributed by atoms with Crippen LogP contribution in [0.5, 0.6) is 0 Å². The molecule has 0 radical (unpaired) electrons. The van der Waals surface area contributed by atoms with E-state index in [0.717, 1.165) is 18.4 Å². The van der Waals surface area contributed by atoms with E-state index in [1.165, 1.54) is 85.8 Å². The first-order valence-electron chi connectivity index (χ1n) is 15.6. The minimum Gasteiger partial charge on any atom is -0.208 e. The molecule has 0 N–H and O–H groups in total. The molecule has 0 aliphatic heterocycles. The third-order valence-corrected chi connectivity index (χ3v) is 8.32. The van der Waals surface area contributed by atoms with Crippen LogP contribution in [-0.2, 0) is 19.9 Å². The summed E-state index contributed by atoms with van der Waals surface area (Å²) in [7, 11) is 2.06. The smallest absolute Gasteiger partial charge is 0.169 e. The first-order chi connectivity index (χ1) is 20.6. The Morgan fingerprint density at radius 2 is 1.26 bits per heavy atom. The van der Waals surface area contributed by atoms with E-state index in [-0.39, 0.29) is 0 Å². The number of rotatable bonds is 12. The van der Waals surface area contributed by atoms with E-state index in [0.29, 0.717) is 0 Å². The Morgan fingerprint density at radius 3 is 1.79 bits per heavy atom. The van der Waals surface area contributed by atoms with E-state index in [2.05, 4.69) is 142 Å². The average molecular weight is 551 g/mol. The molecule has 1 heteroatoms. The van der Waals surface area contributed by atoms with Gasteiger partial charge in [0.05, 0.1) is 0 Å². The highest BCUT2D eigenvalue weighted by Gasteiger charge is 2.17. The van der Waals surface area contributed by atoms with Crippen molar-refractivity contribution in [1.29, 1.82) is 0 Å². The van der Waals surface area contributed by atoms with Crippen molar-refractivity contribution >= 4 is 50.5 Å². The molecule has 0 unspecified atom stereocenters. The maximum Gasteiger partial charge on any atom is 0.169 e. The van der Waals surface area contributed by atoms with Crippen LogP contribution in [-0.4, -0.2) is 0 Å². The van der Waals surface area contributed by atoms with Crippen molar-refractivity contribution in [2.75, 3.05) is 0 Å². The summed E-state index contributed by atoms with van der Waals surface area (Å²) in [5, 5.41) is 8.31. The predicted octanol–water partition coefficient (Wildman–Crippen LogP) is 11.0. The number of hydrogen-bond donors (Lipinski definition) is 0. The van der Waals surface area contributed by atoms with Crippen molar-refractivity contribution in [2.45, 2.75) is 59.3 Å². The Morgan fingerprint density at radius 1 is 0.714 bits per heavy atom. The minimum atomic E-state index is 1.09. The van der Waals surface area contributed by atoms with Crippen molar-refractivity contribution in [3.8, 4) is 0 Å². The summed E-state index contributed by atoms with van der Waals surface area (Å²) in [4.78, 5) is 0. The molecule has 0 fully saturated rings. The fraction of sp³-hybridized carbons (Fsp3) is 0.244. The molecular formula is C41H44N+. The summed E-state index contributed by atoms with van der Waals surface area (Å²) < 4.78 is 2.08. The number of aryl methyl sites for hydroxylation is 3. The molecule has 0 atom stereocenters. The van der Waals surface area contributed by atoms with E-state index in [4.69, 9.17) is 0 Å². The van der Waals surface area contributed by atoms with Crippen molar-refractivity contribution < 1.29 is 4.57 Å². The van der Waals surface area contributed by atoms with Gasteiger partial charge < -0.3 is 0 Å². The van der Waals surface area contributed by atoms with Crippen LogP contribution >= 0.6 is 0 Å². The first kappa shape index (κ1) is 29.3. The second-order valence-electron chi connectivity index (χ2n) is 11.4. The topological polar surface area (TPSA) is 3.88 Å². The molecule has 1 heterocycles. The molecule has 0 saturated carbocycles. The van der Waals surface area contributed by atoms with Crippen LogP contribution in [0.15, 0.2) is 103 Å². The average Bonchev–Trinajstić information content (AvgIpc) is 3.01. The zero-order valence-corrected chi connectivity index (χ0v) is 25.8. The van der Waals surface area contributed by atoms with Gasteiger partial charge in [-0.1, -0.05) is 118 Å². The largest absolute Gasteiger partial charge is 0.208 e. The van der Waals surface area contributed by atoms with E-state index in [1.807, 2.05) is 6.08 Å². The van der Waals surface area contributed by atoms with Gasteiger partial charge in [-0.2, -0.15) is 0 Å². The molecule has 0 spiro atoms. The zero-order chi connectivity index (χ0) is 29.5. The molecule has 0 bridgehead atoms. The van der Waals surface area contributed by atoms with Crippen LogP contribution in [0.2, 0.25) is 0 Å². The summed E-state index contributed by atoms with van der Waals surface area (Å²) in [6.45, 7) is 10.5. The summed E-state index contributed by atoms with van der Waals surface area (Å²) >= 11 is 0. The van der Waals surface area contributed by atoms with Crippen molar-refractivity contribution in [1.82, 2.24) is 0 Å². The van der Waals surface area contributed by atoms with Crippen LogP contribution in [0.25, 0.3) is 50.5 Å². The fourth-order valence-corrected chi connectivity index (χ4v) is 6.11. The number of nitrogens with zero attached hydrogens (tertiary/aromatic N) is 1. The summed E-state index contributed by atoms with van der Waals surface area (Å²) in [5.74, 6) is 0. The predicted molar refractivity (Wildman–Crippen MR) is 186 cm³/mol. The number of pyridine rings is 1. The molecule has 0 saturated heterocycles. The monoisotopic (exact) mass is 550 g/mol. The lowest BCUT2D eigenvalue weighted by Gasteiger charge is -2.19. The van der Waals surface area contributed by atoms with Crippen LogP contribution in [0, 0.1) is 0 Å². The SMILES string of the molecule is C=C/C=C(\C=C/C)/C=C/c1cc(CCCC)c2ccc3c(/C=C/c4cc[n+](C)cc4)cc(CCCC)c4ccc1c2c34. The molecule has 1 nitrogen and oxygen atoms in total. The normalized spacial score (nSPS) is 12.8. The van der Waals surface area contributed by atoms with Crippen LogP contribution in [0.1, 0.15) is 74.3 Å². The van der Waals surface area contributed by atoms with Crippen molar-refractivity contribution in [3.63, 3.8) is 0 Å². The Labute approximate surface area is 252 Å². The number of unbranched alkanes of at least 4 members (excludes halogenated alkanes) is 2. The molecule has 4 aromatic carbocycles. The number of benzene rings is 4. The van der Waals surface area contributed by atoms with Crippen molar-refractivity contribution in [3.05, 3.63) is 131 Å². The molecule has 5 aromatic rings. The first-order valence-corrected chi connectivity index (χ1v) is 15.6. The fourth-order valence-electron chi connectivity index (χ4n) is 6.11. The second-order valence-corrected chi connectivity index (χ2v) is 11.4. The number of hydrogen-bond acceptors (Lipinski definition) is 0. The van der Waals surface area contributed by atoms with Crippen LogP contribution in [0.3, 0.4) is 0 Å². The third kappa shape index (κ3) is 6.16. The zero-order valence-electron chi connectivity index (χ0n) is 25.8. The Hall–Kier alpha value is -4.23.